The van der Waals surface area contributed by atoms with Crippen molar-refractivity contribution in [3.63, 3.8) is 0 Å². The normalized spacial score (nSPS) is 14.5. The van der Waals surface area contributed by atoms with Crippen LogP contribution >= 0.6 is 7.82 Å². The van der Waals surface area contributed by atoms with Gasteiger partial charge in [0, 0.05) is 6.42 Å². The number of nitrogens with one attached hydrogen (secondary N) is 1. The Labute approximate surface area is 402 Å². The molecular formula is C56H105N2O6P. The summed E-state index contributed by atoms with van der Waals surface area (Å²) in [7, 11) is 1.22. The number of phosphoric ester groups is 1. The zero-order valence-corrected chi connectivity index (χ0v) is 44.1. The summed E-state index contributed by atoms with van der Waals surface area (Å²) in [5, 5.41) is 13.8. The molecule has 0 aliphatic rings. The van der Waals surface area contributed by atoms with Gasteiger partial charge in [0.1, 0.15) is 13.2 Å². The van der Waals surface area contributed by atoms with Crippen molar-refractivity contribution in [1.82, 2.24) is 5.32 Å². The van der Waals surface area contributed by atoms with Gasteiger partial charge in [0.15, 0.2) is 0 Å². The summed E-state index contributed by atoms with van der Waals surface area (Å²) in [5.41, 5.74) is 0. The lowest BCUT2D eigenvalue weighted by molar-refractivity contribution is -0.870. The summed E-state index contributed by atoms with van der Waals surface area (Å²) >= 11 is 0. The fourth-order valence-corrected chi connectivity index (χ4v) is 8.35. The molecule has 3 unspecified atom stereocenters. The Morgan fingerprint density at radius 2 is 0.908 bits per heavy atom. The Morgan fingerprint density at radius 1 is 0.538 bits per heavy atom. The van der Waals surface area contributed by atoms with Crippen molar-refractivity contribution in [2.45, 2.75) is 251 Å². The van der Waals surface area contributed by atoms with Crippen molar-refractivity contribution in [3.05, 3.63) is 60.8 Å². The molecule has 0 aliphatic heterocycles. The summed E-state index contributed by atoms with van der Waals surface area (Å²) in [6.45, 7) is 4.60. The molecule has 0 aromatic rings. The van der Waals surface area contributed by atoms with Gasteiger partial charge in [-0.25, -0.2) is 0 Å². The van der Waals surface area contributed by atoms with Gasteiger partial charge >= 0.3 is 0 Å². The molecule has 65 heavy (non-hydrogen) atoms. The van der Waals surface area contributed by atoms with E-state index in [-0.39, 0.29) is 12.5 Å². The summed E-state index contributed by atoms with van der Waals surface area (Å²) in [4.78, 5) is 25.4. The maximum Gasteiger partial charge on any atom is 0.268 e. The number of allylic oxidation sites excluding steroid dienone is 9. The molecule has 0 spiro atoms. The minimum absolute atomic E-state index is 0.0138. The third-order valence-electron chi connectivity index (χ3n) is 11.9. The summed E-state index contributed by atoms with van der Waals surface area (Å²) in [6, 6.07) is -0.919. The van der Waals surface area contributed by atoms with Gasteiger partial charge in [0.05, 0.1) is 39.9 Å². The molecule has 0 aromatic heterocycles. The zero-order chi connectivity index (χ0) is 47.8. The number of hydrogen-bond acceptors (Lipinski definition) is 6. The predicted octanol–water partition coefficient (Wildman–Crippen LogP) is 15.5. The fourth-order valence-electron chi connectivity index (χ4n) is 7.63. The van der Waals surface area contributed by atoms with Crippen LogP contribution in [0.15, 0.2) is 60.8 Å². The Hall–Kier alpha value is -1.80. The average Bonchev–Trinajstić information content (AvgIpc) is 3.26. The summed E-state index contributed by atoms with van der Waals surface area (Å²) < 4.78 is 23.3. The van der Waals surface area contributed by atoms with Crippen LogP contribution in [0.4, 0.5) is 0 Å². The Balaban J connectivity index is 4.33. The van der Waals surface area contributed by atoms with Crippen molar-refractivity contribution in [2.24, 2.45) is 0 Å². The number of carbonyl (C=O) groups is 1. The zero-order valence-electron chi connectivity index (χ0n) is 43.2. The first-order valence-electron chi connectivity index (χ1n) is 27.2. The molecule has 0 fully saturated rings. The van der Waals surface area contributed by atoms with Gasteiger partial charge in [0.2, 0.25) is 5.91 Å². The van der Waals surface area contributed by atoms with Gasteiger partial charge in [-0.05, 0) is 77.0 Å². The molecule has 0 radical (unpaired) electrons. The van der Waals surface area contributed by atoms with Crippen molar-refractivity contribution < 1.29 is 32.9 Å². The first-order chi connectivity index (χ1) is 31.5. The Morgan fingerprint density at radius 3 is 1.35 bits per heavy atom. The number of nitrogens with zero attached hydrogens (tertiary/aromatic N) is 1. The Kier molecular flexibility index (Phi) is 46.0. The van der Waals surface area contributed by atoms with E-state index in [4.69, 9.17) is 9.05 Å². The van der Waals surface area contributed by atoms with E-state index in [1.165, 1.54) is 148 Å². The third-order valence-corrected chi connectivity index (χ3v) is 12.9. The van der Waals surface area contributed by atoms with Gasteiger partial charge < -0.3 is 28.8 Å². The Bertz CT molecular complexity index is 1240. The number of carbonyl (C=O) groups excluding carboxylic acids is 1. The fraction of sp³-hybridized carbons (Fsp3) is 0.804. The molecule has 8 nitrogen and oxygen atoms in total. The van der Waals surface area contributed by atoms with Crippen LogP contribution in [-0.4, -0.2) is 68.5 Å². The van der Waals surface area contributed by atoms with Gasteiger partial charge in [-0.15, -0.1) is 0 Å². The molecule has 380 valence electrons. The van der Waals surface area contributed by atoms with E-state index in [1.807, 2.05) is 27.2 Å². The SMILES string of the molecule is CCCCCC/C=C\C/C=C\CCCCCCCC(=O)NC(COP(=O)([O-])OCC[N+](C)(C)C)C(O)/C=C/CC/C=C/CC/C=C/CCCCCCCCCCCCCCCCCCC. The molecular weight excluding hydrogens is 828 g/mol. The van der Waals surface area contributed by atoms with E-state index < -0.39 is 26.6 Å². The highest BCUT2D eigenvalue weighted by Gasteiger charge is 2.23. The van der Waals surface area contributed by atoms with Gasteiger partial charge in [-0.2, -0.15) is 0 Å². The maximum atomic E-state index is 12.9. The monoisotopic (exact) mass is 933 g/mol. The molecule has 0 aliphatic carbocycles. The van der Waals surface area contributed by atoms with Gasteiger partial charge in [-0.1, -0.05) is 216 Å². The van der Waals surface area contributed by atoms with Crippen LogP contribution in [0.2, 0.25) is 0 Å². The molecule has 0 bridgehead atoms. The number of rotatable bonds is 49. The highest BCUT2D eigenvalue weighted by molar-refractivity contribution is 7.45. The molecule has 0 saturated carbocycles. The quantitative estimate of drug-likeness (QED) is 0.0272. The topological polar surface area (TPSA) is 108 Å². The number of phosphoric acid groups is 1. The van der Waals surface area contributed by atoms with E-state index in [1.54, 1.807) is 6.08 Å². The van der Waals surface area contributed by atoms with E-state index in [0.717, 1.165) is 70.6 Å². The smallest absolute Gasteiger partial charge is 0.268 e. The van der Waals surface area contributed by atoms with E-state index in [0.29, 0.717) is 17.4 Å². The van der Waals surface area contributed by atoms with Crippen LogP contribution in [0.1, 0.15) is 239 Å². The number of hydrogen-bond donors (Lipinski definition) is 2. The summed E-state index contributed by atoms with van der Waals surface area (Å²) in [5.74, 6) is -0.226. The molecule has 9 heteroatoms. The minimum atomic E-state index is -4.61. The molecule has 1 amide bonds. The lowest BCUT2D eigenvalue weighted by atomic mass is 10.0. The highest BCUT2D eigenvalue weighted by atomic mass is 31.2. The van der Waals surface area contributed by atoms with E-state index >= 15 is 0 Å². The van der Waals surface area contributed by atoms with Crippen LogP contribution < -0.4 is 10.2 Å². The summed E-state index contributed by atoms with van der Waals surface area (Å²) in [6.07, 6.45) is 63.0. The second-order valence-corrected chi connectivity index (χ2v) is 21.0. The molecule has 0 saturated heterocycles. The first kappa shape index (κ1) is 63.2. The van der Waals surface area contributed by atoms with Gasteiger partial charge in [0.25, 0.3) is 7.82 Å². The maximum absolute atomic E-state index is 12.9. The highest BCUT2D eigenvalue weighted by Crippen LogP contribution is 2.38. The van der Waals surface area contributed by atoms with Crippen molar-refractivity contribution in [3.8, 4) is 0 Å². The van der Waals surface area contributed by atoms with E-state index in [2.05, 4.69) is 67.8 Å². The van der Waals surface area contributed by atoms with Crippen LogP contribution in [0.25, 0.3) is 0 Å². The third kappa shape index (κ3) is 49.9. The van der Waals surface area contributed by atoms with Crippen molar-refractivity contribution in [2.75, 3.05) is 40.9 Å². The molecule has 0 heterocycles. The van der Waals surface area contributed by atoms with Crippen LogP contribution in [-0.2, 0) is 18.4 Å². The van der Waals surface area contributed by atoms with Crippen LogP contribution in [0.5, 0.6) is 0 Å². The molecule has 3 atom stereocenters. The molecule has 0 rings (SSSR count). The lowest BCUT2D eigenvalue weighted by Gasteiger charge is -2.29. The number of amides is 1. The first-order valence-corrected chi connectivity index (χ1v) is 28.6. The minimum Gasteiger partial charge on any atom is -0.756 e. The van der Waals surface area contributed by atoms with Crippen LogP contribution in [0, 0.1) is 0 Å². The number of aliphatic hydroxyl groups excluding tert-OH is 1. The molecule has 2 N–H and O–H groups in total. The van der Waals surface area contributed by atoms with Gasteiger partial charge in [-0.3, -0.25) is 9.36 Å². The van der Waals surface area contributed by atoms with Crippen molar-refractivity contribution in [1.29, 1.82) is 0 Å². The number of quaternary nitrogens is 1. The van der Waals surface area contributed by atoms with E-state index in [9.17, 15) is 19.4 Å². The largest absolute Gasteiger partial charge is 0.756 e. The standard InChI is InChI=1S/C56H105N2O6P/c1-6-8-10-12-14-16-18-20-22-24-25-26-27-28-29-30-31-32-33-34-35-37-39-41-43-45-47-49-55(59)54(53-64-65(61,62)63-52-51-58(3,4)5)57-56(60)50-48-46-44-42-40-38-36-23-21-19-17-15-13-11-9-7-2/h17,19,23,33-34,36,39,41,47,49,54-55,59H,6-16,18,20-22,24-32,35,37-38,40,42-46,48,50-53H2,1-5H3,(H-,57,60,61,62)/b19-17-,34-33+,36-23-,41-39+,49-47+. The van der Waals surface area contributed by atoms with Crippen LogP contribution in [0.3, 0.4) is 0 Å². The average molecular weight is 933 g/mol. The number of aliphatic hydroxyl groups is 1. The second kappa shape index (κ2) is 47.3. The van der Waals surface area contributed by atoms with Crippen molar-refractivity contribution >= 4 is 13.7 Å². The lowest BCUT2D eigenvalue weighted by Crippen LogP contribution is -2.45. The second-order valence-electron chi connectivity index (χ2n) is 19.6. The molecule has 0 aromatic carbocycles. The number of likely N-dealkylation sites (N-methyl/N-ethyl adjacent to an activating group) is 1. The predicted molar refractivity (Wildman–Crippen MR) is 279 cm³/mol. The number of unbranched alkanes of at least 4 members (excludes halogenated alkanes) is 28.